The highest BCUT2D eigenvalue weighted by Crippen LogP contribution is 2.27. The van der Waals surface area contributed by atoms with Crippen LogP contribution in [-0.2, 0) is 0 Å². The zero-order chi connectivity index (χ0) is 21.4. The van der Waals surface area contributed by atoms with Crippen LogP contribution < -0.4 is 9.80 Å². The van der Waals surface area contributed by atoms with Gasteiger partial charge in [0.15, 0.2) is 11.4 Å². The molecule has 3 heterocycles. The molecule has 1 aliphatic heterocycles. The maximum atomic E-state index is 11.5. The van der Waals surface area contributed by atoms with Crippen LogP contribution in [0.2, 0.25) is 5.02 Å². The molecule has 4 aromatic rings. The molecule has 0 radical (unpaired) electrons. The Morgan fingerprint density at radius 3 is 2.39 bits per heavy atom. The summed E-state index contributed by atoms with van der Waals surface area (Å²) in [5.74, 6) is 0.979. The Bertz CT molecular complexity index is 1240. The van der Waals surface area contributed by atoms with Crippen molar-refractivity contribution >= 4 is 39.9 Å². The van der Waals surface area contributed by atoms with Crippen LogP contribution in [0.5, 0.6) is 0 Å². The van der Waals surface area contributed by atoms with Crippen molar-refractivity contribution in [2.45, 2.75) is 6.92 Å². The molecule has 2 aromatic carbocycles. The molecule has 1 aliphatic rings. The first-order valence-corrected chi connectivity index (χ1v) is 10.5. The number of hydrogen-bond acceptors (Lipinski definition) is 6. The number of piperazine rings is 1. The summed E-state index contributed by atoms with van der Waals surface area (Å²) in [5, 5.41) is 6.11. The van der Waals surface area contributed by atoms with Gasteiger partial charge in [0, 0.05) is 42.5 Å². The summed E-state index contributed by atoms with van der Waals surface area (Å²) in [6.07, 6.45) is 3.41. The summed E-state index contributed by atoms with van der Waals surface area (Å²) < 4.78 is 1.79. The van der Waals surface area contributed by atoms with E-state index in [1.165, 1.54) is 0 Å². The summed E-state index contributed by atoms with van der Waals surface area (Å²) in [4.78, 5) is 25.1. The molecule has 0 spiro atoms. The number of fused-ring (bicyclic) bond motifs is 1. The molecular formula is C23H21ClN6O. The van der Waals surface area contributed by atoms with Gasteiger partial charge < -0.3 is 9.80 Å². The molecule has 7 nitrogen and oxygen atoms in total. The zero-order valence-electron chi connectivity index (χ0n) is 17.1. The van der Waals surface area contributed by atoms with Crippen LogP contribution in [0.25, 0.3) is 16.7 Å². The highest BCUT2D eigenvalue weighted by Gasteiger charge is 2.22. The number of carbonyl (C=O) groups excluding carboxylic acids is 1. The minimum atomic E-state index is 0.0856. The Morgan fingerprint density at radius 2 is 1.68 bits per heavy atom. The molecule has 2 aromatic heterocycles. The second-order valence-electron chi connectivity index (χ2n) is 7.55. The van der Waals surface area contributed by atoms with Crippen LogP contribution in [0.4, 0.5) is 11.5 Å². The van der Waals surface area contributed by atoms with E-state index >= 15 is 0 Å². The molecule has 8 heteroatoms. The van der Waals surface area contributed by atoms with Gasteiger partial charge >= 0.3 is 0 Å². The van der Waals surface area contributed by atoms with Crippen LogP contribution in [0.1, 0.15) is 17.3 Å². The van der Waals surface area contributed by atoms with E-state index < -0.39 is 0 Å². The van der Waals surface area contributed by atoms with Crippen molar-refractivity contribution in [3.63, 3.8) is 0 Å². The first-order valence-electron chi connectivity index (χ1n) is 10.2. The quantitative estimate of drug-likeness (QED) is 0.454. The minimum Gasteiger partial charge on any atom is -0.368 e. The van der Waals surface area contributed by atoms with Crippen molar-refractivity contribution < 1.29 is 4.79 Å². The van der Waals surface area contributed by atoms with E-state index in [1.807, 2.05) is 54.7 Å². The van der Waals surface area contributed by atoms with Gasteiger partial charge in [-0.3, -0.25) is 4.79 Å². The molecule has 0 atom stereocenters. The Hall–Kier alpha value is -3.45. The van der Waals surface area contributed by atoms with Gasteiger partial charge in [-0.15, -0.1) is 0 Å². The summed E-state index contributed by atoms with van der Waals surface area (Å²) in [6.45, 7) is 5.00. The summed E-state index contributed by atoms with van der Waals surface area (Å²) >= 11 is 6.15. The topological polar surface area (TPSA) is 67.2 Å². The lowest BCUT2D eigenvalue weighted by molar-refractivity contribution is 0.101. The number of ketones is 1. The van der Waals surface area contributed by atoms with Crippen molar-refractivity contribution in [2.24, 2.45) is 0 Å². The second-order valence-corrected chi connectivity index (χ2v) is 7.98. The summed E-state index contributed by atoms with van der Waals surface area (Å²) in [7, 11) is 0. The van der Waals surface area contributed by atoms with Crippen molar-refractivity contribution in [1.29, 1.82) is 0 Å². The molecule has 0 unspecified atom stereocenters. The molecule has 0 bridgehead atoms. The monoisotopic (exact) mass is 432 g/mol. The summed E-state index contributed by atoms with van der Waals surface area (Å²) in [5.41, 5.74) is 3.49. The number of aromatic nitrogens is 4. The SMILES string of the molecule is CC(=O)c1ccc(N2CCN(c3ncnc4c3cnn4-c3cccc(Cl)c3)CC2)cc1. The fourth-order valence-electron chi connectivity index (χ4n) is 3.96. The van der Waals surface area contributed by atoms with Gasteiger partial charge in [0.25, 0.3) is 0 Å². The van der Waals surface area contributed by atoms with E-state index in [1.54, 1.807) is 17.9 Å². The number of anilines is 2. The molecule has 0 aliphatic carbocycles. The Labute approximate surface area is 184 Å². The Balaban J connectivity index is 1.37. The number of carbonyl (C=O) groups is 1. The normalized spacial score (nSPS) is 14.3. The molecule has 1 saturated heterocycles. The molecule has 1 fully saturated rings. The van der Waals surface area contributed by atoms with Crippen molar-refractivity contribution in [2.75, 3.05) is 36.0 Å². The standard InChI is InChI=1S/C23H21ClN6O/c1-16(31)17-5-7-19(8-6-17)28-9-11-29(12-10-28)22-21-14-27-30(23(21)26-15-25-22)20-4-2-3-18(24)13-20/h2-8,13-15H,9-12H2,1H3. The van der Waals surface area contributed by atoms with Crippen molar-refractivity contribution in [3.05, 3.63) is 71.6 Å². The van der Waals surface area contributed by atoms with Gasteiger partial charge in [0.05, 0.1) is 17.3 Å². The lowest BCUT2D eigenvalue weighted by Crippen LogP contribution is -2.46. The number of Topliss-reactive ketones (excluding diaryl/α,β-unsaturated/α-hetero) is 1. The lowest BCUT2D eigenvalue weighted by atomic mass is 10.1. The van der Waals surface area contributed by atoms with Crippen LogP contribution >= 0.6 is 11.6 Å². The molecule has 156 valence electrons. The third kappa shape index (κ3) is 3.72. The van der Waals surface area contributed by atoms with Crippen LogP contribution in [0.3, 0.4) is 0 Å². The Morgan fingerprint density at radius 1 is 0.935 bits per heavy atom. The van der Waals surface area contributed by atoms with Gasteiger partial charge in [-0.1, -0.05) is 17.7 Å². The van der Waals surface area contributed by atoms with E-state index in [9.17, 15) is 4.79 Å². The predicted octanol–water partition coefficient (Wildman–Crippen LogP) is 4.00. The third-order valence-electron chi connectivity index (χ3n) is 5.62. The lowest BCUT2D eigenvalue weighted by Gasteiger charge is -2.36. The molecule has 0 N–H and O–H groups in total. The molecule has 0 amide bonds. The van der Waals surface area contributed by atoms with E-state index in [4.69, 9.17) is 11.6 Å². The maximum Gasteiger partial charge on any atom is 0.168 e. The largest absolute Gasteiger partial charge is 0.368 e. The molecule has 0 saturated carbocycles. The summed E-state index contributed by atoms with van der Waals surface area (Å²) in [6, 6.07) is 15.4. The molecular weight excluding hydrogens is 412 g/mol. The van der Waals surface area contributed by atoms with Crippen LogP contribution in [0, 0.1) is 0 Å². The van der Waals surface area contributed by atoms with Crippen molar-refractivity contribution in [3.8, 4) is 5.69 Å². The van der Waals surface area contributed by atoms with Gasteiger partial charge in [0.1, 0.15) is 12.1 Å². The highest BCUT2D eigenvalue weighted by atomic mass is 35.5. The fraction of sp³-hybridized carbons (Fsp3) is 0.217. The first-order chi connectivity index (χ1) is 15.1. The highest BCUT2D eigenvalue weighted by molar-refractivity contribution is 6.30. The third-order valence-corrected chi connectivity index (χ3v) is 5.85. The molecule has 31 heavy (non-hydrogen) atoms. The number of nitrogens with zero attached hydrogens (tertiary/aromatic N) is 6. The number of halogens is 1. The van der Waals surface area contributed by atoms with E-state index in [-0.39, 0.29) is 5.78 Å². The number of rotatable bonds is 4. The number of hydrogen-bond donors (Lipinski definition) is 0. The minimum absolute atomic E-state index is 0.0856. The Kier molecular flexibility index (Phi) is 5.03. The fourth-order valence-corrected chi connectivity index (χ4v) is 4.15. The first kappa shape index (κ1) is 19.5. The van der Waals surface area contributed by atoms with Crippen molar-refractivity contribution in [1.82, 2.24) is 19.7 Å². The van der Waals surface area contributed by atoms with Gasteiger partial charge in [-0.05, 0) is 49.4 Å². The van der Waals surface area contributed by atoms with E-state index in [0.29, 0.717) is 5.02 Å². The predicted molar refractivity (Wildman–Crippen MR) is 123 cm³/mol. The average Bonchev–Trinajstić information content (AvgIpc) is 3.24. The van der Waals surface area contributed by atoms with Gasteiger partial charge in [-0.2, -0.15) is 5.10 Å². The smallest absolute Gasteiger partial charge is 0.168 e. The van der Waals surface area contributed by atoms with Crippen LogP contribution in [-0.4, -0.2) is 51.7 Å². The molecule has 5 rings (SSSR count). The van der Waals surface area contributed by atoms with Crippen LogP contribution in [0.15, 0.2) is 61.1 Å². The van der Waals surface area contributed by atoms with Gasteiger partial charge in [-0.25, -0.2) is 14.6 Å². The van der Waals surface area contributed by atoms with E-state index in [0.717, 1.165) is 60.0 Å². The zero-order valence-corrected chi connectivity index (χ0v) is 17.8. The van der Waals surface area contributed by atoms with E-state index in [2.05, 4.69) is 24.9 Å². The maximum absolute atomic E-state index is 11.5. The second kappa shape index (κ2) is 8.00. The van der Waals surface area contributed by atoms with Gasteiger partial charge in [0.2, 0.25) is 0 Å². The average molecular weight is 433 g/mol. The number of benzene rings is 2.